The van der Waals surface area contributed by atoms with Crippen molar-refractivity contribution in [3.05, 3.63) is 59.7 Å². The Morgan fingerprint density at radius 1 is 1.04 bits per heavy atom. The summed E-state index contributed by atoms with van der Waals surface area (Å²) in [4.78, 5) is 24.2. The summed E-state index contributed by atoms with van der Waals surface area (Å²) in [5.41, 5.74) is 1.62. The Labute approximate surface area is 157 Å². The maximum absolute atomic E-state index is 12.3. The number of rotatable bonds is 6. The van der Waals surface area contributed by atoms with Crippen LogP contribution in [-0.4, -0.2) is 30.6 Å². The molecular formula is C19H21N3O3S. The lowest BCUT2D eigenvalue weighted by atomic mass is 10.2. The average molecular weight is 371 g/mol. The summed E-state index contributed by atoms with van der Waals surface area (Å²) in [5, 5.41) is 8.49. The lowest BCUT2D eigenvalue weighted by Crippen LogP contribution is -2.34. The lowest BCUT2D eigenvalue weighted by molar-refractivity contribution is 0.0951. The molecule has 0 saturated carbocycles. The van der Waals surface area contributed by atoms with E-state index in [0.717, 1.165) is 6.42 Å². The molecule has 26 heavy (non-hydrogen) atoms. The maximum atomic E-state index is 12.3. The van der Waals surface area contributed by atoms with Crippen molar-refractivity contribution in [1.82, 2.24) is 10.6 Å². The number of carbonyl (C=O) groups excluding carboxylic acids is 2. The van der Waals surface area contributed by atoms with E-state index in [1.807, 2.05) is 6.92 Å². The monoisotopic (exact) mass is 371 g/mol. The van der Waals surface area contributed by atoms with Gasteiger partial charge in [0, 0.05) is 17.8 Å². The molecule has 3 N–H and O–H groups in total. The quantitative estimate of drug-likeness (QED) is 0.681. The summed E-state index contributed by atoms with van der Waals surface area (Å²) in [6.45, 7) is 2.63. The van der Waals surface area contributed by atoms with Gasteiger partial charge in [-0.1, -0.05) is 19.1 Å². The highest BCUT2D eigenvalue weighted by Crippen LogP contribution is 2.17. The average Bonchev–Trinajstić information content (AvgIpc) is 2.66. The Kier molecular flexibility index (Phi) is 7.11. The highest BCUT2D eigenvalue weighted by atomic mass is 32.1. The molecule has 136 valence electrons. The molecule has 2 aromatic rings. The fraction of sp³-hybridized carbons (Fsp3) is 0.211. The van der Waals surface area contributed by atoms with Gasteiger partial charge in [-0.3, -0.25) is 14.9 Å². The number of amides is 2. The predicted octanol–water partition coefficient (Wildman–Crippen LogP) is 2.96. The second-order valence-corrected chi connectivity index (χ2v) is 5.85. The van der Waals surface area contributed by atoms with Crippen LogP contribution in [0.1, 0.15) is 34.1 Å². The van der Waals surface area contributed by atoms with Crippen LogP contribution in [0, 0.1) is 0 Å². The van der Waals surface area contributed by atoms with Crippen LogP contribution < -0.4 is 20.7 Å². The Bertz CT molecular complexity index is 791. The molecule has 0 radical (unpaired) electrons. The van der Waals surface area contributed by atoms with Gasteiger partial charge in [0.15, 0.2) is 5.11 Å². The van der Waals surface area contributed by atoms with E-state index < -0.39 is 0 Å². The number of methoxy groups -OCH3 is 1. The minimum Gasteiger partial charge on any atom is -0.496 e. The molecule has 2 aromatic carbocycles. The molecule has 0 aliphatic carbocycles. The zero-order chi connectivity index (χ0) is 18.9. The van der Waals surface area contributed by atoms with E-state index in [9.17, 15) is 9.59 Å². The van der Waals surface area contributed by atoms with E-state index in [2.05, 4.69) is 16.0 Å². The topological polar surface area (TPSA) is 79.5 Å². The Morgan fingerprint density at radius 3 is 2.38 bits per heavy atom. The van der Waals surface area contributed by atoms with Crippen molar-refractivity contribution in [2.45, 2.75) is 13.3 Å². The van der Waals surface area contributed by atoms with Gasteiger partial charge in [-0.05, 0) is 55.0 Å². The van der Waals surface area contributed by atoms with Crippen LogP contribution in [0.3, 0.4) is 0 Å². The van der Waals surface area contributed by atoms with Crippen LogP contribution in [-0.2, 0) is 0 Å². The standard InChI is InChI=1S/C19H21N3O3S/c1-3-12-20-17(23)13-8-10-14(11-9-13)21-19(26)22-18(24)15-6-4-5-7-16(15)25-2/h4-11H,3,12H2,1-2H3,(H,20,23)(H2,21,22,24,26). The SMILES string of the molecule is CCCNC(=O)c1ccc(NC(=S)NC(=O)c2ccccc2OC)cc1. The van der Waals surface area contributed by atoms with Crippen LogP contribution in [0.5, 0.6) is 5.75 Å². The number of carbonyl (C=O) groups is 2. The highest BCUT2D eigenvalue weighted by molar-refractivity contribution is 7.80. The van der Waals surface area contributed by atoms with E-state index in [4.69, 9.17) is 17.0 Å². The molecule has 0 bridgehead atoms. The highest BCUT2D eigenvalue weighted by Gasteiger charge is 2.13. The van der Waals surface area contributed by atoms with E-state index in [0.29, 0.717) is 29.1 Å². The first-order chi connectivity index (χ1) is 12.5. The fourth-order valence-electron chi connectivity index (χ4n) is 2.21. The molecule has 0 atom stereocenters. The lowest BCUT2D eigenvalue weighted by Gasteiger charge is -2.12. The maximum Gasteiger partial charge on any atom is 0.261 e. The second kappa shape index (κ2) is 9.53. The molecular weight excluding hydrogens is 350 g/mol. The first kappa shape index (κ1) is 19.4. The summed E-state index contributed by atoms with van der Waals surface area (Å²) in [5.74, 6) is -0.0174. The minimum absolute atomic E-state index is 0.120. The van der Waals surface area contributed by atoms with E-state index in [1.165, 1.54) is 7.11 Å². The van der Waals surface area contributed by atoms with Crippen molar-refractivity contribution in [3.63, 3.8) is 0 Å². The smallest absolute Gasteiger partial charge is 0.261 e. The molecule has 0 spiro atoms. The van der Waals surface area contributed by atoms with E-state index in [-0.39, 0.29) is 16.9 Å². The van der Waals surface area contributed by atoms with Crippen LogP contribution in [0.15, 0.2) is 48.5 Å². The van der Waals surface area contributed by atoms with Crippen LogP contribution >= 0.6 is 12.2 Å². The normalized spacial score (nSPS) is 9.92. The van der Waals surface area contributed by atoms with Crippen molar-refractivity contribution >= 4 is 34.8 Å². The third-order valence-electron chi connectivity index (χ3n) is 3.52. The van der Waals surface area contributed by atoms with Crippen molar-refractivity contribution in [2.75, 3.05) is 19.0 Å². The summed E-state index contributed by atoms with van der Waals surface area (Å²) in [6.07, 6.45) is 0.881. The van der Waals surface area contributed by atoms with Gasteiger partial charge in [0.1, 0.15) is 5.75 Å². The van der Waals surface area contributed by atoms with Crippen molar-refractivity contribution in [1.29, 1.82) is 0 Å². The Morgan fingerprint density at radius 2 is 1.73 bits per heavy atom. The number of hydrogen-bond donors (Lipinski definition) is 3. The molecule has 0 heterocycles. The largest absolute Gasteiger partial charge is 0.496 e. The van der Waals surface area contributed by atoms with E-state index >= 15 is 0 Å². The number of para-hydroxylation sites is 1. The third-order valence-corrected chi connectivity index (χ3v) is 3.72. The molecule has 0 aromatic heterocycles. The fourth-order valence-corrected chi connectivity index (χ4v) is 2.42. The summed E-state index contributed by atoms with van der Waals surface area (Å²) in [7, 11) is 1.50. The van der Waals surface area contributed by atoms with Gasteiger partial charge in [0.2, 0.25) is 0 Å². The van der Waals surface area contributed by atoms with E-state index in [1.54, 1.807) is 48.5 Å². The summed E-state index contributed by atoms with van der Waals surface area (Å²) < 4.78 is 5.17. The molecule has 7 heteroatoms. The molecule has 0 fully saturated rings. The number of nitrogens with one attached hydrogen (secondary N) is 3. The first-order valence-corrected chi connectivity index (χ1v) is 8.59. The minimum atomic E-state index is -0.365. The zero-order valence-corrected chi connectivity index (χ0v) is 15.5. The number of thiocarbonyl (C=S) groups is 1. The zero-order valence-electron chi connectivity index (χ0n) is 14.7. The number of anilines is 1. The molecule has 0 saturated heterocycles. The Balaban J connectivity index is 1.95. The summed E-state index contributed by atoms with van der Waals surface area (Å²) in [6, 6.07) is 13.7. The van der Waals surface area contributed by atoms with Crippen LogP contribution in [0.25, 0.3) is 0 Å². The summed E-state index contributed by atoms with van der Waals surface area (Å²) >= 11 is 5.17. The van der Waals surface area contributed by atoms with Gasteiger partial charge < -0.3 is 15.4 Å². The molecule has 2 rings (SSSR count). The van der Waals surface area contributed by atoms with Gasteiger partial charge in [-0.2, -0.15) is 0 Å². The van der Waals surface area contributed by atoms with Crippen molar-refractivity contribution in [3.8, 4) is 5.75 Å². The van der Waals surface area contributed by atoms with Gasteiger partial charge in [-0.15, -0.1) is 0 Å². The first-order valence-electron chi connectivity index (χ1n) is 8.18. The van der Waals surface area contributed by atoms with Gasteiger partial charge in [0.25, 0.3) is 11.8 Å². The predicted molar refractivity (Wildman–Crippen MR) is 106 cm³/mol. The molecule has 2 amide bonds. The number of ether oxygens (including phenoxy) is 1. The van der Waals surface area contributed by atoms with Crippen molar-refractivity contribution in [2.24, 2.45) is 0 Å². The number of benzene rings is 2. The third kappa shape index (κ3) is 5.29. The number of hydrogen-bond acceptors (Lipinski definition) is 4. The molecule has 0 aliphatic rings. The second-order valence-electron chi connectivity index (χ2n) is 5.44. The van der Waals surface area contributed by atoms with Gasteiger partial charge in [-0.25, -0.2) is 0 Å². The molecule has 6 nitrogen and oxygen atoms in total. The van der Waals surface area contributed by atoms with Gasteiger partial charge in [0.05, 0.1) is 12.7 Å². The molecule has 0 aliphatic heterocycles. The van der Waals surface area contributed by atoms with Crippen molar-refractivity contribution < 1.29 is 14.3 Å². The molecule has 0 unspecified atom stereocenters. The van der Waals surface area contributed by atoms with Crippen LogP contribution in [0.2, 0.25) is 0 Å². The Hall–Kier alpha value is -2.93. The van der Waals surface area contributed by atoms with Crippen LogP contribution in [0.4, 0.5) is 5.69 Å². The van der Waals surface area contributed by atoms with Gasteiger partial charge >= 0.3 is 0 Å².